The first kappa shape index (κ1) is 37.4. The number of carbonyl (C=O) groups excluding carboxylic acids is 2. The monoisotopic (exact) mass is 643 g/mol. The molecule has 2 atom stereocenters. The largest absolute Gasteiger partial charge is 0.504 e. The van der Waals surface area contributed by atoms with E-state index in [1.54, 1.807) is 24.4 Å². The third-order valence-electron chi connectivity index (χ3n) is 8.52. The highest BCUT2D eigenvalue weighted by molar-refractivity contribution is 6.06. The van der Waals surface area contributed by atoms with Crippen LogP contribution in [0.3, 0.4) is 0 Å². The van der Waals surface area contributed by atoms with Crippen LogP contribution >= 0.6 is 0 Å². The van der Waals surface area contributed by atoms with Crippen LogP contribution in [0.5, 0.6) is 11.5 Å². The fourth-order valence-corrected chi connectivity index (χ4v) is 6.39. The number of nitrogen functional groups attached to an aromatic ring is 1. The van der Waals surface area contributed by atoms with Crippen LogP contribution in [-0.4, -0.2) is 54.1 Å². The lowest BCUT2D eigenvalue weighted by atomic mass is 9.87. The van der Waals surface area contributed by atoms with Gasteiger partial charge >= 0.3 is 0 Å². The number of nitrogens with two attached hydrogens (primary N) is 1. The van der Waals surface area contributed by atoms with Gasteiger partial charge in [-0.15, -0.1) is 0 Å². The molecular formula is C39H53N3O5. The summed E-state index contributed by atoms with van der Waals surface area (Å²) in [6, 6.07) is 11.8. The third-order valence-corrected chi connectivity index (χ3v) is 8.52. The second-order valence-electron chi connectivity index (χ2n) is 13.0. The molecule has 0 unspecified atom stereocenters. The smallest absolute Gasteiger partial charge is 0.163 e. The minimum Gasteiger partial charge on any atom is -0.504 e. The molecule has 47 heavy (non-hydrogen) atoms. The van der Waals surface area contributed by atoms with Crippen LogP contribution in [0, 0.1) is 25.7 Å². The number of aromatic nitrogens is 1. The number of aromatic hydroxyl groups is 1. The lowest BCUT2D eigenvalue weighted by Crippen LogP contribution is -2.19. The minimum atomic E-state index is -0.266. The molecule has 0 radical (unpaired) electrons. The zero-order valence-corrected chi connectivity index (χ0v) is 28.8. The molecule has 0 bridgehead atoms. The van der Waals surface area contributed by atoms with Crippen molar-refractivity contribution in [3.05, 3.63) is 87.6 Å². The highest BCUT2D eigenvalue weighted by Crippen LogP contribution is 2.32. The van der Waals surface area contributed by atoms with E-state index >= 15 is 0 Å². The van der Waals surface area contributed by atoms with Gasteiger partial charge in [0.1, 0.15) is 11.6 Å². The van der Waals surface area contributed by atoms with Crippen LogP contribution in [0.15, 0.2) is 48.7 Å². The van der Waals surface area contributed by atoms with Crippen molar-refractivity contribution in [2.75, 3.05) is 33.0 Å². The number of pyridine rings is 1. The van der Waals surface area contributed by atoms with Gasteiger partial charge in [0.05, 0.1) is 13.5 Å². The first-order valence-corrected chi connectivity index (χ1v) is 16.7. The Morgan fingerprint density at radius 1 is 1.00 bits per heavy atom. The molecule has 2 aromatic carbocycles. The number of ketones is 2. The molecule has 5 N–H and O–H groups in total. The number of aryl methyl sites for hydroxylation is 2. The summed E-state index contributed by atoms with van der Waals surface area (Å²) in [6.45, 7) is 7.48. The number of allylic oxidation sites excluding steroid dienone is 1. The average molecular weight is 644 g/mol. The number of nitrogens with zero attached hydrogens (tertiary/aromatic N) is 1. The Hall–Kier alpha value is -4.01. The molecule has 8 heteroatoms. The number of nitrogens with one attached hydrogen (secondary N) is 1. The molecule has 1 heterocycles. The Morgan fingerprint density at radius 2 is 1.70 bits per heavy atom. The number of phenols is 1. The molecule has 0 aliphatic carbocycles. The summed E-state index contributed by atoms with van der Waals surface area (Å²) >= 11 is 0. The summed E-state index contributed by atoms with van der Waals surface area (Å²) < 4.78 is 5.34. The Labute approximate surface area is 280 Å². The Balaban J connectivity index is 1.67. The van der Waals surface area contributed by atoms with E-state index in [0.717, 1.165) is 60.9 Å². The summed E-state index contributed by atoms with van der Waals surface area (Å²) in [5, 5.41) is 23.1. The number of benzene rings is 2. The van der Waals surface area contributed by atoms with E-state index in [0.29, 0.717) is 48.2 Å². The van der Waals surface area contributed by atoms with Crippen LogP contribution in [0.4, 0.5) is 5.82 Å². The molecule has 254 valence electrons. The number of anilines is 1. The van der Waals surface area contributed by atoms with Gasteiger partial charge in [-0.05, 0) is 123 Å². The van der Waals surface area contributed by atoms with Gasteiger partial charge in [-0.3, -0.25) is 9.59 Å². The highest BCUT2D eigenvalue weighted by atomic mass is 16.5. The number of methoxy groups -OCH3 is 1. The highest BCUT2D eigenvalue weighted by Gasteiger charge is 2.16. The molecule has 0 saturated heterocycles. The van der Waals surface area contributed by atoms with Crippen molar-refractivity contribution >= 4 is 23.5 Å². The van der Waals surface area contributed by atoms with Crippen molar-refractivity contribution in [2.45, 2.75) is 78.6 Å². The minimum absolute atomic E-state index is 0.00217. The van der Waals surface area contributed by atoms with Gasteiger partial charge in [-0.2, -0.15) is 0 Å². The molecule has 0 aliphatic rings. The number of Topliss-reactive ketones (excluding diaryl/α,β-unsaturated/α-hetero) is 1. The zero-order chi connectivity index (χ0) is 34.3. The predicted octanol–water partition coefficient (Wildman–Crippen LogP) is 6.52. The normalized spacial score (nSPS) is 12.7. The van der Waals surface area contributed by atoms with E-state index in [1.807, 2.05) is 13.1 Å². The van der Waals surface area contributed by atoms with E-state index in [4.69, 9.17) is 10.5 Å². The standard InChI is InChI=1S/C39H53N3O5/c1-26-14-27(2)16-30(15-26)18-34-20-31(25-42-39(34)40)19-33-21-37(46)38(47-5)22-32(33)11-12-36(45)23-35(44)10-6-8-29(9-7-13-43)17-28(3)24-41-4/h11-12,14-16,20-22,25,28-29,41,43,46H,6-10,13,17-19,23-24H2,1-5H3,(H2,40,42)/t28-,29+/m1/s1. The fraction of sp³-hybridized carbons (Fsp3) is 0.462. The van der Waals surface area contributed by atoms with Gasteiger partial charge in [-0.1, -0.05) is 48.7 Å². The number of phenolic OH excluding ortho intramolecular Hbond substituents is 1. The van der Waals surface area contributed by atoms with Gasteiger partial charge in [0.2, 0.25) is 0 Å². The molecular weight excluding hydrogens is 590 g/mol. The Morgan fingerprint density at radius 3 is 2.38 bits per heavy atom. The number of carbonyl (C=O) groups is 2. The second-order valence-corrected chi connectivity index (χ2v) is 13.0. The van der Waals surface area contributed by atoms with E-state index in [2.05, 4.69) is 49.3 Å². The van der Waals surface area contributed by atoms with Crippen LogP contribution in [0.1, 0.15) is 90.8 Å². The number of aliphatic hydroxyl groups excluding tert-OH is 1. The number of rotatable bonds is 20. The summed E-state index contributed by atoms with van der Waals surface area (Å²) in [4.78, 5) is 30.0. The number of hydrogen-bond donors (Lipinski definition) is 4. The molecule has 0 saturated carbocycles. The van der Waals surface area contributed by atoms with Crippen LogP contribution in [0.25, 0.3) is 6.08 Å². The van der Waals surface area contributed by atoms with Gasteiger partial charge in [0.25, 0.3) is 0 Å². The predicted molar refractivity (Wildman–Crippen MR) is 190 cm³/mol. The Kier molecular flexibility index (Phi) is 15.1. The number of ether oxygens (including phenoxy) is 1. The molecule has 0 amide bonds. The van der Waals surface area contributed by atoms with Crippen molar-refractivity contribution in [2.24, 2.45) is 11.8 Å². The summed E-state index contributed by atoms with van der Waals surface area (Å²) in [5.41, 5.74) is 13.1. The molecule has 0 aliphatic heterocycles. The maximum absolute atomic E-state index is 12.8. The lowest BCUT2D eigenvalue weighted by Gasteiger charge is -2.20. The molecule has 3 aromatic rings. The van der Waals surface area contributed by atoms with Gasteiger partial charge in [-0.25, -0.2) is 4.98 Å². The summed E-state index contributed by atoms with van der Waals surface area (Å²) in [6.07, 6.45) is 10.6. The Bertz CT molecular complexity index is 1500. The first-order valence-electron chi connectivity index (χ1n) is 16.7. The molecule has 0 fully saturated rings. The third kappa shape index (κ3) is 12.6. The molecule has 0 spiro atoms. The van der Waals surface area contributed by atoms with E-state index in [-0.39, 0.29) is 30.3 Å². The van der Waals surface area contributed by atoms with Crippen molar-refractivity contribution in [1.82, 2.24) is 10.3 Å². The van der Waals surface area contributed by atoms with Gasteiger partial charge in [0.15, 0.2) is 17.3 Å². The summed E-state index contributed by atoms with van der Waals surface area (Å²) in [7, 11) is 3.43. The molecule has 3 rings (SSSR count). The maximum atomic E-state index is 12.8. The van der Waals surface area contributed by atoms with Crippen molar-refractivity contribution in [3.8, 4) is 11.5 Å². The lowest BCUT2D eigenvalue weighted by molar-refractivity contribution is -0.124. The van der Waals surface area contributed by atoms with Crippen LogP contribution < -0.4 is 15.8 Å². The van der Waals surface area contributed by atoms with E-state index in [9.17, 15) is 19.8 Å². The first-order chi connectivity index (χ1) is 22.5. The topological polar surface area (TPSA) is 135 Å². The van der Waals surface area contributed by atoms with Crippen LogP contribution in [-0.2, 0) is 22.4 Å². The SMILES string of the molecule is CNC[C@H](C)C[C@H](CCCO)CCCC(=O)CC(=O)C=Cc1cc(OC)c(O)cc1Cc1cnc(N)c(Cc2cc(C)cc(C)c2)c1. The van der Waals surface area contributed by atoms with Crippen molar-refractivity contribution in [3.63, 3.8) is 0 Å². The average Bonchev–Trinajstić information content (AvgIpc) is 3.00. The van der Waals surface area contributed by atoms with Crippen LogP contribution in [0.2, 0.25) is 0 Å². The van der Waals surface area contributed by atoms with Crippen molar-refractivity contribution in [1.29, 1.82) is 0 Å². The van der Waals surface area contributed by atoms with E-state index < -0.39 is 0 Å². The second kappa shape index (κ2) is 19.0. The molecule has 1 aromatic heterocycles. The van der Waals surface area contributed by atoms with E-state index in [1.165, 1.54) is 24.3 Å². The maximum Gasteiger partial charge on any atom is 0.163 e. The van der Waals surface area contributed by atoms with Gasteiger partial charge < -0.3 is 26.0 Å². The zero-order valence-electron chi connectivity index (χ0n) is 28.8. The summed E-state index contributed by atoms with van der Waals surface area (Å²) in [5.74, 6) is 1.41. The van der Waals surface area contributed by atoms with Crippen molar-refractivity contribution < 1.29 is 24.5 Å². The quantitative estimate of drug-likeness (QED) is 0.0807. The number of hydrogen-bond acceptors (Lipinski definition) is 8. The fourth-order valence-electron chi connectivity index (χ4n) is 6.39. The van der Waals surface area contributed by atoms with Gasteiger partial charge in [0, 0.05) is 25.6 Å². The number of aliphatic hydroxyl groups is 1. The molecule has 8 nitrogen and oxygen atoms in total.